The molecule has 0 aliphatic heterocycles. The molecule has 0 spiro atoms. The van der Waals surface area contributed by atoms with Crippen LogP contribution in [0.5, 0.6) is 0 Å². The normalized spacial score (nSPS) is 12.5. The fourth-order valence-corrected chi connectivity index (χ4v) is 11.2. The van der Waals surface area contributed by atoms with E-state index in [9.17, 15) is 0 Å². The predicted molar refractivity (Wildman–Crippen MR) is 289 cm³/mol. The van der Waals surface area contributed by atoms with Gasteiger partial charge in [-0.3, -0.25) is 0 Å². The summed E-state index contributed by atoms with van der Waals surface area (Å²) < 4.78 is 2.49. The molecule has 1 aromatic heterocycles. The lowest BCUT2D eigenvalue weighted by atomic mass is 9.67. The Morgan fingerprint density at radius 1 is 0.290 bits per heavy atom. The van der Waals surface area contributed by atoms with E-state index in [-0.39, 0.29) is 0 Å². The summed E-state index contributed by atoms with van der Waals surface area (Å²) in [7, 11) is 0. The minimum absolute atomic E-state index is 0.501. The first kappa shape index (κ1) is 40.3. The Bertz CT molecular complexity index is 3780. The third-order valence-electron chi connectivity index (χ3n) is 14.3. The summed E-state index contributed by atoms with van der Waals surface area (Å²) in [6.45, 7) is 0. The van der Waals surface area contributed by atoms with Crippen molar-refractivity contribution < 1.29 is 0 Å². The first-order valence-electron chi connectivity index (χ1n) is 23.8. The molecule has 0 atom stereocenters. The van der Waals surface area contributed by atoms with E-state index in [2.05, 4.69) is 289 Å². The van der Waals surface area contributed by atoms with Crippen LogP contribution in [0, 0.1) is 0 Å². The molecule has 1 aliphatic rings. The van der Waals surface area contributed by atoms with Crippen LogP contribution in [0.2, 0.25) is 0 Å². The second-order valence-corrected chi connectivity index (χ2v) is 18.0. The number of nitrogens with zero attached hydrogens (tertiary/aromatic N) is 2. The molecule has 0 fully saturated rings. The molecular formula is C67H46N2. The predicted octanol–water partition coefficient (Wildman–Crippen LogP) is 17.6. The zero-order valence-corrected chi connectivity index (χ0v) is 38.0. The van der Waals surface area contributed by atoms with Crippen molar-refractivity contribution in [2.75, 3.05) is 4.90 Å². The van der Waals surface area contributed by atoms with Crippen LogP contribution in [0.1, 0.15) is 22.3 Å². The molecule has 69 heavy (non-hydrogen) atoms. The van der Waals surface area contributed by atoms with Gasteiger partial charge in [-0.15, -0.1) is 0 Å². The van der Waals surface area contributed by atoms with Crippen molar-refractivity contribution in [2.45, 2.75) is 5.41 Å². The average molecular weight is 879 g/mol. The average Bonchev–Trinajstić information content (AvgIpc) is 3.92. The van der Waals surface area contributed by atoms with Gasteiger partial charge in [-0.1, -0.05) is 218 Å². The summed E-state index contributed by atoms with van der Waals surface area (Å²) in [6.07, 6.45) is 0. The highest BCUT2D eigenvalue weighted by molar-refractivity contribution is 6.10. The van der Waals surface area contributed by atoms with E-state index in [1.54, 1.807) is 0 Å². The fourth-order valence-electron chi connectivity index (χ4n) is 11.2. The molecule has 0 N–H and O–H groups in total. The lowest BCUT2D eigenvalue weighted by molar-refractivity contribution is 0.767. The zero-order valence-electron chi connectivity index (χ0n) is 38.0. The summed E-state index contributed by atoms with van der Waals surface area (Å²) in [4.78, 5) is 2.39. The summed E-state index contributed by atoms with van der Waals surface area (Å²) in [5.41, 5.74) is 21.0. The van der Waals surface area contributed by atoms with Crippen LogP contribution in [-0.2, 0) is 5.41 Å². The maximum Gasteiger partial charge on any atom is 0.0714 e. The van der Waals surface area contributed by atoms with Crippen molar-refractivity contribution >= 4 is 38.9 Å². The van der Waals surface area contributed by atoms with Crippen molar-refractivity contribution in [3.05, 3.63) is 301 Å². The van der Waals surface area contributed by atoms with Gasteiger partial charge in [0.2, 0.25) is 0 Å². The Hall–Kier alpha value is -8.98. The SMILES string of the molecule is c1ccc(-c2cccc(-c3ccc(N(c4ccccc4)c4ccccc4-c4ccc5c6ccccc6n(-c6ccc7c(c6)C(c6ccccc6)(c6ccccc6)c6ccccc6-7)c5c4)cc3)c2)cc1. The highest BCUT2D eigenvalue weighted by Gasteiger charge is 2.46. The van der Waals surface area contributed by atoms with E-state index in [0.717, 1.165) is 39.4 Å². The molecule has 2 nitrogen and oxygen atoms in total. The molecule has 1 heterocycles. The Labute approximate surface area is 403 Å². The van der Waals surface area contributed by atoms with Crippen molar-refractivity contribution in [2.24, 2.45) is 0 Å². The Balaban J connectivity index is 0.967. The summed E-state index contributed by atoms with van der Waals surface area (Å²) >= 11 is 0. The maximum absolute atomic E-state index is 2.49. The van der Waals surface area contributed by atoms with E-state index in [0.29, 0.717) is 0 Å². The van der Waals surface area contributed by atoms with Crippen molar-refractivity contribution in [1.29, 1.82) is 0 Å². The molecule has 324 valence electrons. The Morgan fingerprint density at radius 3 is 1.54 bits per heavy atom. The minimum Gasteiger partial charge on any atom is -0.310 e. The number of anilines is 3. The lowest BCUT2D eigenvalue weighted by Crippen LogP contribution is -2.28. The summed E-state index contributed by atoms with van der Waals surface area (Å²) in [6, 6.07) is 102. The van der Waals surface area contributed by atoms with Gasteiger partial charge in [0, 0.05) is 33.4 Å². The van der Waals surface area contributed by atoms with E-state index in [4.69, 9.17) is 0 Å². The first-order chi connectivity index (χ1) is 34.2. The second-order valence-electron chi connectivity index (χ2n) is 18.0. The Morgan fingerprint density at radius 2 is 0.812 bits per heavy atom. The maximum atomic E-state index is 2.49. The molecule has 0 bridgehead atoms. The molecule has 0 radical (unpaired) electrons. The molecule has 2 heteroatoms. The van der Waals surface area contributed by atoms with Crippen molar-refractivity contribution in [3.63, 3.8) is 0 Å². The number of para-hydroxylation sites is 3. The number of benzene rings is 11. The van der Waals surface area contributed by atoms with Gasteiger partial charge in [0.1, 0.15) is 0 Å². The molecule has 0 saturated heterocycles. The third kappa shape index (κ3) is 6.64. The van der Waals surface area contributed by atoms with E-state index in [1.807, 2.05) is 0 Å². The highest BCUT2D eigenvalue weighted by Crippen LogP contribution is 2.56. The van der Waals surface area contributed by atoms with Gasteiger partial charge in [-0.05, 0) is 122 Å². The number of hydrogen-bond acceptors (Lipinski definition) is 1. The molecular weight excluding hydrogens is 833 g/mol. The van der Waals surface area contributed by atoms with Crippen LogP contribution in [0.15, 0.2) is 279 Å². The van der Waals surface area contributed by atoms with Crippen molar-refractivity contribution in [3.8, 4) is 50.2 Å². The topological polar surface area (TPSA) is 8.17 Å². The van der Waals surface area contributed by atoms with Gasteiger partial charge in [0.15, 0.2) is 0 Å². The molecule has 13 rings (SSSR count). The quantitative estimate of drug-likeness (QED) is 0.140. The van der Waals surface area contributed by atoms with E-state index in [1.165, 1.54) is 71.9 Å². The first-order valence-corrected chi connectivity index (χ1v) is 23.8. The zero-order chi connectivity index (χ0) is 45.7. The number of hydrogen-bond donors (Lipinski definition) is 0. The smallest absolute Gasteiger partial charge is 0.0714 e. The molecule has 1 aliphatic carbocycles. The van der Waals surface area contributed by atoms with Gasteiger partial charge in [0.05, 0.1) is 22.1 Å². The van der Waals surface area contributed by atoms with Crippen LogP contribution >= 0.6 is 0 Å². The largest absolute Gasteiger partial charge is 0.310 e. The molecule has 0 amide bonds. The number of aromatic nitrogens is 1. The fraction of sp³-hybridized carbons (Fsp3) is 0.0149. The molecule has 0 saturated carbocycles. The third-order valence-corrected chi connectivity index (χ3v) is 14.3. The van der Waals surface area contributed by atoms with Gasteiger partial charge in [-0.25, -0.2) is 0 Å². The lowest BCUT2D eigenvalue weighted by Gasteiger charge is -2.34. The molecule has 11 aromatic carbocycles. The highest BCUT2D eigenvalue weighted by atomic mass is 15.1. The monoisotopic (exact) mass is 878 g/mol. The van der Waals surface area contributed by atoms with Crippen LogP contribution in [0.25, 0.3) is 72.0 Å². The standard InChI is InChI=1S/C67H46N2/c1-5-20-47(21-6-1)49-22-19-23-50(44-49)48-36-39-55(40-37-48)68(54-28-11-4-12-29-54)64-34-17-14-30-57(64)51-38-42-61-60-32-15-18-35-65(60)69(66(61)45-51)56-41-43-59-58-31-13-16-33-62(58)67(63(59)46-56,52-24-7-2-8-25-52)53-26-9-3-10-27-53/h1-46H. The summed E-state index contributed by atoms with van der Waals surface area (Å²) in [5.74, 6) is 0. The van der Waals surface area contributed by atoms with Crippen LogP contribution < -0.4 is 4.90 Å². The second kappa shape index (κ2) is 16.7. The Kier molecular flexibility index (Phi) is 9.77. The van der Waals surface area contributed by atoms with Gasteiger partial charge in [-0.2, -0.15) is 0 Å². The van der Waals surface area contributed by atoms with E-state index < -0.39 is 5.41 Å². The van der Waals surface area contributed by atoms with Gasteiger partial charge < -0.3 is 9.47 Å². The van der Waals surface area contributed by atoms with Gasteiger partial charge >= 0.3 is 0 Å². The van der Waals surface area contributed by atoms with E-state index >= 15 is 0 Å². The van der Waals surface area contributed by atoms with Gasteiger partial charge in [0.25, 0.3) is 0 Å². The minimum atomic E-state index is -0.501. The molecule has 0 unspecified atom stereocenters. The van der Waals surface area contributed by atoms with Crippen molar-refractivity contribution in [1.82, 2.24) is 4.57 Å². The molecule has 12 aromatic rings. The number of fused-ring (bicyclic) bond motifs is 6. The van der Waals surface area contributed by atoms with Crippen LogP contribution in [0.3, 0.4) is 0 Å². The van der Waals surface area contributed by atoms with Crippen LogP contribution in [-0.4, -0.2) is 4.57 Å². The van der Waals surface area contributed by atoms with Crippen LogP contribution in [0.4, 0.5) is 17.1 Å². The summed E-state index contributed by atoms with van der Waals surface area (Å²) in [5, 5.41) is 2.45. The number of rotatable bonds is 9.